The van der Waals surface area contributed by atoms with Crippen molar-refractivity contribution in [1.29, 1.82) is 0 Å². The lowest BCUT2D eigenvalue weighted by molar-refractivity contribution is 0.0953. The van der Waals surface area contributed by atoms with E-state index in [1.165, 1.54) is 21.3 Å². The number of carbonyl (C=O) groups excluding carboxylic acids is 1. The molecule has 6 heteroatoms. The van der Waals surface area contributed by atoms with Crippen molar-refractivity contribution in [2.24, 2.45) is 0 Å². The van der Waals surface area contributed by atoms with Crippen LogP contribution in [0.15, 0.2) is 35.1 Å². The molecule has 0 aliphatic heterocycles. The van der Waals surface area contributed by atoms with Crippen molar-refractivity contribution in [2.75, 3.05) is 27.9 Å². The van der Waals surface area contributed by atoms with Crippen molar-refractivity contribution in [3.63, 3.8) is 0 Å². The largest absolute Gasteiger partial charge is 0.493 e. The van der Waals surface area contributed by atoms with E-state index in [0.717, 1.165) is 5.56 Å². The van der Waals surface area contributed by atoms with Crippen LogP contribution in [0.25, 0.3) is 0 Å². The first-order valence-electron chi connectivity index (χ1n) is 6.79. The van der Waals surface area contributed by atoms with Gasteiger partial charge in [0, 0.05) is 12.1 Å². The van der Waals surface area contributed by atoms with Crippen LogP contribution in [0.2, 0.25) is 0 Å². The second kappa shape index (κ2) is 7.40. The van der Waals surface area contributed by atoms with Crippen LogP contribution in [-0.2, 0) is 6.42 Å². The van der Waals surface area contributed by atoms with Crippen LogP contribution in [0.5, 0.6) is 17.2 Å². The molecule has 0 fully saturated rings. The van der Waals surface area contributed by atoms with Gasteiger partial charge in [-0.2, -0.15) is 0 Å². The number of benzene rings is 1. The number of amides is 1. The molecule has 0 unspecified atom stereocenters. The van der Waals surface area contributed by atoms with Gasteiger partial charge in [-0.25, -0.2) is 0 Å². The maximum Gasteiger partial charge on any atom is 0.251 e. The first kappa shape index (κ1) is 15.8. The number of carbonyl (C=O) groups is 1. The topological polar surface area (TPSA) is 69.9 Å². The molecule has 1 aromatic heterocycles. The Bertz CT molecular complexity index is 596. The van der Waals surface area contributed by atoms with Crippen LogP contribution in [0.1, 0.15) is 15.9 Å². The minimum atomic E-state index is -0.206. The van der Waals surface area contributed by atoms with E-state index >= 15 is 0 Å². The summed E-state index contributed by atoms with van der Waals surface area (Å²) in [5.41, 5.74) is 1.48. The quantitative estimate of drug-likeness (QED) is 0.850. The van der Waals surface area contributed by atoms with Crippen molar-refractivity contribution in [3.05, 3.63) is 41.9 Å². The van der Waals surface area contributed by atoms with Gasteiger partial charge in [-0.3, -0.25) is 4.79 Å². The lowest BCUT2D eigenvalue weighted by atomic mass is 10.1. The monoisotopic (exact) mass is 305 g/mol. The Morgan fingerprint density at radius 3 is 2.32 bits per heavy atom. The number of methoxy groups -OCH3 is 3. The van der Waals surface area contributed by atoms with Crippen LogP contribution < -0.4 is 19.5 Å². The van der Waals surface area contributed by atoms with Crippen molar-refractivity contribution in [3.8, 4) is 17.2 Å². The van der Waals surface area contributed by atoms with E-state index in [4.69, 9.17) is 18.6 Å². The molecule has 0 saturated carbocycles. The molecule has 0 aliphatic carbocycles. The molecule has 2 aromatic rings. The molecule has 0 atom stereocenters. The predicted octanol–water partition coefficient (Wildman–Crippen LogP) is 2.28. The summed E-state index contributed by atoms with van der Waals surface area (Å²) in [5.74, 6) is 1.14. The average Bonchev–Trinajstić information content (AvgIpc) is 3.06. The predicted molar refractivity (Wildman–Crippen MR) is 80.8 cm³/mol. The van der Waals surface area contributed by atoms with Gasteiger partial charge >= 0.3 is 0 Å². The fourth-order valence-corrected chi connectivity index (χ4v) is 2.07. The molecule has 0 spiro atoms. The third kappa shape index (κ3) is 3.52. The van der Waals surface area contributed by atoms with Gasteiger partial charge in [-0.15, -0.1) is 0 Å². The van der Waals surface area contributed by atoms with E-state index < -0.39 is 0 Å². The first-order valence-corrected chi connectivity index (χ1v) is 6.79. The normalized spacial score (nSPS) is 10.1. The zero-order valence-electron chi connectivity index (χ0n) is 12.8. The molecular weight excluding hydrogens is 286 g/mol. The Morgan fingerprint density at radius 1 is 1.14 bits per heavy atom. The van der Waals surface area contributed by atoms with E-state index in [1.807, 2.05) is 6.07 Å². The summed E-state index contributed by atoms with van der Waals surface area (Å²) < 4.78 is 20.7. The number of nitrogens with one attached hydrogen (secondary N) is 1. The van der Waals surface area contributed by atoms with E-state index in [2.05, 4.69) is 5.32 Å². The Hall–Kier alpha value is -2.63. The average molecular weight is 305 g/mol. The summed E-state index contributed by atoms with van der Waals surface area (Å²) in [5, 5.41) is 2.84. The number of furan rings is 1. The highest BCUT2D eigenvalue weighted by molar-refractivity contribution is 5.95. The summed E-state index contributed by atoms with van der Waals surface area (Å²) in [4.78, 5) is 12.2. The van der Waals surface area contributed by atoms with E-state index in [9.17, 15) is 4.79 Å². The lowest BCUT2D eigenvalue weighted by Crippen LogP contribution is -2.25. The second-order valence-corrected chi connectivity index (χ2v) is 4.55. The zero-order chi connectivity index (χ0) is 15.9. The highest BCUT2D eigenvalue weighted by Crippen LogP contribution is 2.38. The van der Waals surface area contributed by atoms with Crippen LogP contribution in [-0.4, -0.2) is 33.8 Å². The van der Waals surface area contributed by atoms with Crippen LogP contribution in [0.4, 0.5) is 0 Å². The van der Waals surface area contributed by atoms with Crippen molar-refractivity contribution in [1.82, 2.24) is 5.32 Å². The van der Waals surface area contributed by atoms with Gasteiger partial charge in [-0.05, 0) is 30.2 Å². The van der Waals surface area contributed by atoms with Gasteiger partial charge in [0.25, 0.3) is 5.91 Å². The molecule has 1 heterocycles. The van der Waals surface area contributed by atoms with Crippen LogP contribution >= 0.6 is 0 Å². The van der Waals surface area contributed by atoms with Gasteiger partial charge in [0.2, 0.25) is 5.75 Å². The summed E-state index contributed by atoms with van der Waals surface area (Å²) in [6.45, 7) is 0.509. The van der Waals surface area contributed by atoms with Crippen molar-refractivity contribution in [2.45, 2.75) is 6.42 Å². The maximum atomic E-state index is 12.2. The molecule has 118 valence electrons. The summed E-state index contributed by atoms with van der Waals surface area (Å²) in [6, 6.07) is 5.11. The van der Waals surface area contributed by atoms with Crippen LogP contribution in [0.3, 0.4) is 0 Å². The molecule has 1 amide bonds. The van der Waals surface area contributed by atoms with Gasteiger partial charge in [0.05, 0.1) is 33.9 Å². The van der Waals surface area contributed by atoms with Gasteiger partial charge in [0.1, 0.15) is 0 Å². The molecule has 6 nitrogen and oxygen atoms in total. The Kier molecular flexibility index (Phi) is 5.30. The molecule has 0 aliphatic rings. The third-order valence-electron chi connectivity index (χ3n) is 3.21. The second-order valence-electron chi connectivity index (χ2n) is 4.55. The van der Waals surface area contributed by atoms with E-state index in [1.54, 1.807) is 24.7 Å². The Labute approximate surface area is 129 Å². The SMILES string of the molecule is COc1cc(C(=O)NCCc2ccoc2)cc(OC)c1OC. The number of hydrogen-bond donors (Lipinski definition) is 1. The molecule has 2 rings (SSSR count). The minimum absolute atomic E-state index is 0.206. The standard InChI is InChI=1S/C16H19NO5/c1-19-13-8-12(9-14(20-2)15(13)21-3)16(18)17-6-4-11-5-7-22-10-11/h5,7-10H,4,6H2,1-3H3,(H,17,18). The Morgan fingerprint density at radius 2 is 1.82 bits per heavy atom. The molecule has 0 radical (unpaired) electrons. The van der Waals surface area contributed by atoms with Crippen molar-refractivity contribution >= 4 is 5.91 Å². The third-order valence-corrected chi connectivity index (χ3v) is 3.21. The van der Waals surface area contributed by atoms with Gasteiger partial charge in [0.15, 0.2) is 11.5 Å². The zero-order valence-corrected chi connectivity index (χ0v) is 12.8. The molecule has 0 bridgehead atoms. The Balaban J connectivity index is 2.08. The summed E-state index contributed by atoms with van der Waals surface area (Å²) in [6.07, 6.45) is 3.97. The fraction of sp³-hybridized carbons (Fsp3) is 0.312. The number of rotatable bonds is 7. The van der Waals surface area contributed by atoms with E-state index in [-0.39, 0.29) is 5.91 Å². The first-order chi connectivity index (χ1) is 10.7. The van der Waals surface area contributed by atoms with Gasteiger partial charge in [-0.1, -0.05) is 0 Å². The lowest BCUT2D eigenvalue weighted by Gasteiger charge is -2.14. The number of hydrogen-bond acceptors (Lipinski definition) is 5. The van der Waals surface area contributed by atoms with E-state index in [0.29, 0.717) is 35.8 Å². The molecule has 1 aromatic carbocycles. The smallest absolute Gasteiger partial charge is 0.251 e. The summed E-state index contributed by atoms with van der Waals surface area (Å²) in [7, 11) is 4.54. The highest BCUT2D eigenvalue weighted by atomic mass is 16.5. The minimum Gasteiger partial charge on any atom is -0.493 e. The molecule has 22 heavy (non-hydrogen) atoms. The fourth-order valence-electron chi connectivity index (χ4n) is 2.07. The highest BCUT2D eigenvalue weighted by Gasteiger charge is 2.16. The molecule has 1 N–H and O–H groups in total. The summed E-state index contributed by atoms with van der Waals surface area (Å²) >= 11 is 0. The molecular formula is C16H19NO5. The van der Waals surface area contributed by atoms with Gasteiger partial charge < -0.3 is 23.9 Å². The van der Waals surface area contributed by atoms with Crippen LogP contribution in [0, 0.1) is 0 Å². The number of ether oxygens (including phenoxy) is 3. The maximum absolute atomic E-state index is 12.2. The van der Waals surface area contributed by atoms with Crippen molar-refractivity contribution < 1.29 is 23.4 Å². The molecule has 0 saturated heterocycles.